The van der Waals surface area contributed by atoms with Crippen molar-refractivity contribution in [3.8, 4) is 11.5 Å². The predicted molar refractivity (Wildman–Crippen MR) is 115 cm³/mol. The normalized spacial score (nSPS) is 11.5. The molecule has 0 bridgehead atoms. The van der Waals surface area contributed by atoms with E-state index in [9.17, 15) is 14.9 Å². The van der Waals surface area contributed by atoms with Crippen molar-refractivity contribution in [2.45, 2.75) is 6.04 Å². The highest BCUT2D eigenvalue weighted by Gasteiger charge is 2.24. The molecule has 0 radical (unpaired) electrons. The molecule has 1 aromatic heterocycles. The molecular formula is C21H23N5O5. The average molecular weight is 425 g/mol. The number of amides is 1. The number of nitro groups is 1. The second-order valence-corrected chi connectivity index (χ2v) is 6.69. The fourth-order valence-electron chi connectivity index (χ4n) is 3.20. The number of hydrogen-bond acceptors (Lipinski definition) is 7. The number of anilines is 1. The molecule has 0 aliphatic carbocycles. The van der Waals surface area contributed by atoms with E-state index in [0.717, 1.165) is 0 Å². The smallest absolute Gasteiger partial charge is 0.293 e. The van der Waals surface area contributed by atoms with Crippen LogP contribution in [-0.4, -0.2) is 41.6 Å². The standard InChI is InChI=1S/C21H23N5O5/c1-22-17-6-5-13(11-18(17)26(28)29)21(27)24-19(20-23-7-8-25(20)2)14-9-15(30-3)12-16(10-14)31-4/h5-12,19,22H,1-4H3,(H,24,27). The number of nitrogens with one attached hydrogen (secondary N) is 2. The molecular weight excluding hydrogens is 402 g/mol. The first kappa shape index (κ1) is 21.6. The lowest BCUT2D eigenvalue weighted by molar-refractivity contribution is -0.384. The van der Waals surface area contributed by atoms with E-state index in [1.807, 2.05) is 7.05 Å². The molecule has 0 fully saturated rings. The lowest BCUT2D eigenvalue weighted by Crippen LogP contribution is -2.31. The number of aryl methyl sites for hydroxylation is 1. The van der Waals surface area contributed by atoms with Gasteiger partial charge in [0.1, 0.15) is 29.1 Å². The summed E-state index contributed by atoms with van der Waals surface area (Å²) in [4.78, 5) is 28.3. The second-order valence-electron chi connectivity index (χ2n) is 6.69. The van der Waals surface area contributed by atoms with Gasteiger partial charge in [-0.15, -0.1) is 0 Å². The van der Waals surface area contributed by atoms with Crippen LogP contribution in [0, 0.1) is 10.1 Å². The molecule has 162 valence electrons. The van der Waals surface area contributed by atoms with E-state index in [1.165, 1.54) is 32.4 Å². The van der Waals surface area contributed by atoms with Crippen LogP contribution in [0.2, 0.25) is 0 Å². The monoisotopic (exact) mass is 425 g/mol. The van der Waals surface area contributed by atoms with Gasteiger partial charge in [-0.05, 0) is 29.8 Å². The fraction of sp³-hybridized carbons (Fsp3) is 0.238. The Kier molecular flexibility index (Phi) is 6.39. The van der Waals surface area contributed by atoms with Crippen LogP contribution >= 0.6 is 0 Å². The van der Waals surface area contributed by atoms with Crippen LogP contribution in [-0.2, 0) is 7.05 Å². The Balaban J connectivity index is 2.03. The zero-order chi connectivity index (χ0) is 22.5. The van der Waals surface area contributed by atoms with Crippen LogP contribution in [0.4, 0.5) is 11.4 Å². The molecule has 0 spiro atoms. The number of hydrogen-bond donors (Lipinski definition) is 2. The molecule has 10 heteroatoms. The van der Waals surface area contributed by atoms with Gasteiger partial charge in [0.2, 0.25) is 0 Å². The number of imidazole rings is 1. The number of carbonyl (C=O) groups excluding carboxylic acids is 1. The summed E-state index contributed by atoms with van der Waals surface area (Å²) in [5.74, 6) is 1.19. The Bertz CT molecular complexity index is 1090. The molecule has 31 heavy (non-hydrogen) atoms. The van der Waals surface area contributed by atoms with Gasteiger partial charge in [-0.25, -0.2) is 4.98 Å². The van der Waals surface area contributed by atoms with Gasteiger partial charge in [-0.3, -0.25) is 14.9 Å². The molecule has 3 rings (SSSR count). The topological polar surface area (TPSA) is 121 Å². The Labute approximate surface area is 179 Å². The third-order valence-electron chi connectivity index (χ3n) is 4.83. The van der Waals surface area contributed by atoms with Crippen LogP contribution in [0.25, 0.3) is 0 Å². The maximum atomic E-state index is 13.1. The minimum atomic E-state index is -0.653. The van der Waals surface area contributed by atoms with Crippen molar-refractivity contribution in [3.63, 3.8) is 0 Å². The molecule has 2 N–H and O–H groups in total. The summed E-state index contributed by atoms with van der Waals surface area (Å²) < 4.78 is 12.5. The molecule has 0 saturated heterocycles. The minimum absolute atomic E-state index is 0.153. The summed E-state index contributed by atoms with van der Waals surface area (Å²) in [6, 6.07) is 8.87. The highest BCUT2D eigenvalue weighted by molar-refractivity contribution is 5.96. The van der Waals surface area contributed by atoms with Crippen molar-refractivity contribution < 1.29 is 19.2 Å². The van der Waals surface area contributed by atoms with Gasteiger partial charge >= 0.3 is 0 Å². The van der Waals surface area contributed by atoms with Gasteiger partial charge < -0.3 is 24.7 Å². The van der Waals surface area contributed by atoms with Crippen molar-refractivity contribution in [2.24, 2.45) is 7.05 Å². The highest BCUT2D eigenvalue weighted by Crippen LogP contribution is 2.30. The van der Waals surface area contributed by atoms with Gasteiger partial charge in [0.05, 0.1) is 19.1 Å². The number of carbonyl (C=O) groups is 1. The first-order valence-corrected chi connectivity index (χ1v) is 9.35. The van der Waals surface area contributed by atoms with Gasteiger partial charge in [-0.1, -0.05) is 0 Å². The van der Waals surface area contributed by atoms with Crippen molar-refractivity contribution in [2.75, 3.05) is 26.6 Å². The Morgan fingerprint density at radius 2 is 1.84 bits per heavy atom. The average Bonchev–Trinajstić information content (AvgIpc) is 3.21. The van der Waals surface area contributed by atoms with E-state index in [0.29, 0.717) is 28.6 Å². The molecule has 0 aliphatic rings. The van der Waals surface area contributed by atoms with Crippen LogP contribution < -0.4 is 20.1 Å². The third kappa shape index (κ3) is 4.58. The molecule has 3 aromatic rings. The van der Waals surface area contributed by atoms with Gasteiger partial charge in [0.25, 0.3) is 11.6 Å². The maximum absolute atomic E-state index is 13.1. The highest BCUT2D eigenvalue weighted by atomic mass is 16.6. The zero-order valence-corrected chi connectivity index (χ0v) is 17.6. The van der Waals surface area contributed by atoms with Gasteiger partial charge in [0, 0.05) is 44.2 Å². The summed E-state index contributed by atoms with van der Waals surface area (Å²) in [7, 11) is 6.46. The quantitative estimate of drug-likeness (QED) is 0.420. The minimum Gasteiger partial charge on any atom is -0.497 e. The lowest BCUT2D eigenvalue weighted by atomic mass is 10.0. The lowest BCUT2D eigenvalue weighted by Gasteiger charge is -2.20. The number of rotatable bonds is 8. The van der Waals surface area contributed by atoms with Crippen LogP contribution in [0.3, 0.4) is 0 Å². The van der Waals surface area contributed by atoms with E-state index in [-0.39, 0.29) is 11.3 Å². The number of nitro benzene ring substituents is 1. The molecule has 10 nitrogen and oxygen atoms in total. The molecule has 0 aliphatic heterocycles. The molecule has 1 atom stereocenters. The summed E-state index contributed by atoms with van der Waals surface area (Å²) >= 11 is 0. The van der Waals surface area contributed by atoms with E-state index in [1.54, 1.807) is 42.2 Å². The number of ether oxygens (including phenoxy) is 2. The summed E-state index contributed by atoms with van der Waals surface area (Å²) in [5.41, 5.74) is 0.964. The molecule has 0 saturated carbocycles. The first-order valence-electron chi connectivity index (χ1n) is 9.35. The molecule has 1 unspecified atom stereocenters. The van der Waals surface area contributed by atoms with Crippen LogP contribution in [0.15, 0.2) is 48.8 Å². The summed E-state index contributed by atoms with van der Waals surface area (Å²) in [6.45, 7) is 0. The zero-order valence-electron chi connectivity index (χ0n) is 17.6. The van der Waals surface area contributed by atoms with Crippen LogP contribution in [0.5, 0.6) is 11.5 Å². The molecule has 2 aromatic carbocycles. The van der Waals surface area contributed by atoms with E-state index in [4.69, 9.17) is 9.47 Å². The largest absolute Gasteiger partial charge is 0.497 e. The number of benzene rings is 2. The first-order chi connectivity index (χ1) is 14.9. The van der Waals surface area contributed by atoms with Crippen molar-refractivity contribution in [3.05, 3.63) is 75.9 Å². The van der Waals surface area contributed by atoms with Crippen molar-refractivity contribution in [1.82, 2.24) is 14.9 Å². The van der Waals surface area contributed by atoms with E-state index >= 15 is 0 Å². The van der Waals surface area contributed by atoms with Crippen molar-refractivity contribution >= 4 is 17.3 Å². The summed E-state index contributed by atoms with van der Waals surface area (Å²) in [5, 5.41) is 17.0. The Morgan fingerprint density at radius 1 is 1.16 bits per heavy atom. The third-order valence-corrected chi connectivity index (χ3v) is 4.83. The maximum Gasteiger partial charge on any atom is 0.293 e. The predicted octanol–water partition coefficient (Wildman–Crippen LogP) is 2.91. The van der Waals surface area contributed by atoms with Crippen LogP contribution in [0.1, 0.15) is 27.8 Å². The Morgan fingerprint density at radius 3 is 2.35 bits per heavy atom. The SMILES string of the molecule is CNc1ccc(C(=O)NC(c2cc(OC)cc(OC)c2)c2nccn2C)cc1[N+](=O)[O-]. The van der Waals surface area contributed by atoms with E-state index < -0.39 is 16.9 Å². The van der Waals surface area contributed by atoms with E-state index in [2.05, 4.69) is 15.6 Å². The van der Waals surface area contributed by atoms with Gasteiger partial charge in [-0.2, -0.15) is 0 Å². The number of nitrogens with zero attached hydrogens (tertiary/aromatic N) is 3. The second kappa shape index (κ2) is 9.16. The number of aromatic nitrogens is 2. The Hall–Kier alpha value is -4.08. The summed E-state index contributed by atoms with van der Waals surface area (Å²) in [6.07, 6.45) is 3.39. The number of methoxy groups -OCH3 is 2. The fourth-order valence-corrected chi connectivity index (χ4v) is 3.20. The molecule has 1 heterocycles. The van der Waals surface area contributed by atoms with Gasteiger partial charge in [0.15, 0.2) is 0 Å². The molecule has 1 amide bonds. The van der Waals surface area contributed by atoms with Crippen molar-refractivity contribution in [1.29, 1.82) is 0 Å².